The molecular formula is C12H19ClN2O2. The van der Waals surface area contributed by atoms with Gasteiger partial charge in [-0.1, -0.05) is 6.92 Å². The predicted octanol–water partition coefficient (Wildman–Crippen LogP) is 1.98. The van der Waals surface area contributed by atoms with Crippen molar-refractivity contribution in [2.75, 3.05) is 18.9 Å². The van der Waals surface area contributed by atoms with Crippen molar-refractivity contribution in [1.82, 2.24) is 5.32 Å². The van der Waals surface area contributed by atoms with Gasteiger partial charge in [0.1, 0.15) is 0 Å². The lowest BCUT2D eigenvalue weighted by Crippen LogP contribution is -2.14. The number of nitrogens with two attached hydrogens (primary N) is 1. The Balaban J connectivity index is 0.00000256. The molecular weight excluding hydrogens is 240 g/mol. The molecule has 96 valence electrons. The fourth-order valence-corrected chi connectivity index (χ4v) is 1.36. The maximum absolute atomic E-state index is 11.5. The van der Waals surface area contributed by atoms with Gasteiger partial charge >= 0.3 is 5.97 Å². The van der Waals surface area contributed by atoms with Crippen LogP contribution >= 0.6 is 12.4 Å². The van der Waals surface area contributed by atoms with E-state index < -0.39 is 0 Å². The number of halogens is 1. The minimum Gasteiger partial charge on any atom is -0.462 e. The summed E-state index contributed by atoms with van der Waals surface area (Å²) < 4.78 is 4.93. The summed E-state index contributed by atoms with van der Waals surface area (Å²) in [6, 6.07) is 5.19. The number of hydrogen-bond donors (Lipinski definition) is 2. The number of hydrogen-bond acceptors (Lipinski definition) is 4. The third-order valence-corrected chi connectivity index (χ3v) is 2.22. The smallest absolute Gasteiger partial charge is 0.338 e. The number of esters is 1. The van der Waals surface area contributed by atoms with E-state index in [1.807, 2.05) is 6.92 Å². The van der Waals surface area contributed by atoms with Crippen molar-refractivity contribution in [3.8, 4) is 0 Å². The Bertz CT molecular complexity index is 370. The second kappa shape index (κ2) is 7.92. The number of anilines is 1. The predicted molar refractivity (Wildman–Crippen MR) is 71.4 cm³/mol. The molecule has 0 fully saturated rings. The zero-order chi connectivity index (χ0) is 12.0. The van der Waals surface area contributed by atoms with Crippen molar-refractivity contribution in [3.63, 3.8) is 0 Å². The Labute approximate surface area is 108 Å². The third kappa shape index (κ3) is 4.63. The Morgan fingerprint density at radius 1 is 1.41 bits per heavy atom. The number of nitrogens with one attached hydrogen (secondary N) is 1. The van der Waals surface area contributed by atoms with E-state index in [9.17, 15) is 4.79 Å². The Hall–Kier alpha value is -1.26. The molecule has 1 rings (SSSR count). The summed E-state index contributed by atoms with van der Waals surface area (Å²) in [6.07, 6.45) is 0. The monoisotopic (exact) mass is 258 g/mol. The zero-order valence-corrected chi connectivity index (χ0v) is 11.0. The van der Waals surface area contributed by atoms with Gasteiger partial charge in [0.15, 0.2) is 0 Å². The van der Waals surface area contributed by atoms with E-state index in [1.165, 1.54) is 0 Å². The maximum atomic E-state index is 11.5. The molecule has 0 unspecified atom stereocenters. The minimum atomic E-state index is -0.305. The first kappa shape index (κ1) is 15.7. The zero-order valence-electron chi connectivity index (χ0n) is 10.2. The second-order valence-electron chi connectivity index (χ2n) is 3.41. The second-order valence-corrected chi connectivity index (χ2v) is 3.41. The first-order valence-electron chi connectivity index (χ1n) is 5.45. The fourth-order valence-electron chi connectivity index (χ4n) is 1.36. The number of benzene rings is 1. The molecule has 0 spiro atoms. The lowest BCUT2D eigenvalue weighted by atomic mass is 10.1. The summed E-state index contributed by atoms with van der Waals surface area (Å²) >= 11 is 0. The van der Waals surface area contributed by atoms with Crippen LogP contribution in [0.1, 0.15) is 29.8 Å². The lowest BCUT2D eigenvalue weighted by Gasteiger charge is -2.08. The largest absolute Gasteiger partial charge is 0.462 e. The van der Waals surface area contributed by atoms with E-state index in [1.54, 1.807) is 25.1 Å². The standard InChI is InChI=1S/C12H18N2O2.ClH/c1-3-14-8-10-7-9(5-6-11(10)13)12(15)16-4-2;/h5-7,14H,3-4,8,13H2,1-2H3;1H. The van der Waals surface area contributed by atoms with Crippen LogP contribution in [0.15, 0.2) is 18.2 Å². The molecule has 0 bridgehead atoms. The van der Waals surface area contributed by atoms with Gasteiger partial charge in [-0.2, -0.15) is 0 Å². The van der Waals surface area contributed by atoms with Gasteiger partial charge in [0.2, 0.25) is 0 Å². The van der Waals surface area contributed by atoms with Crippen LogP contribution in [0.4, 0.5) is 5.69 Å². The van der Waals surface area contributed by atoms with Crippen LogP contribution in [-0.2, 0) is 11.3 Å². The molecule has 0 atom stereocenters. The molecule has 0 saturated heterocycles. The van der Waals surface area contributed by atoms with Gasteiger partial charge in [0.05, 0.1) is 12.2 Å². The Morgan fingerprint density at radius 3 is 2.71 bits per heavy atom. The number of ether oxygens (including phenoxy) is 1. The molecule has 3 N–H and O–H groups in total. The summed E-state index contributed by atoms with van der Waals surface area (Å²) in [4.78, 5) is 11.5. The summed E-state index contributed by atoms with van der Waals surface area (Å²) in [5.74, 6) is -0.305. The van der Waals surface area contributed by atoms with Crippen molar-refractivity contribution < 1.29 is 9.53 Å². The van der Waals surface area contributed by atoms with Crippen LogP contribution in [0.25, 0.3) is 0 Å². The highest BCUT2D eigenvalue weighted by molar-refractivity contribution is 5.90. The van der Waals surface area contributed by atoms with Gasteiger partial charge in [-0.15, -0.1) is 12.4 Å². The molecule has 0 radical (unpaired) electrons. The van der Waals surface area contributed by atoms with Crippen molar-refractivity contribution in [2.45, 2.75) is 20.4 Å². The topological polar surface area (TPSA) is 64.3 Å². The van der Waals surface area contributed by atoms with Crippen LogP contribution in [0, 0.1) is 0 Å². The highest BCUT2D eigenvalue weighted by Gasteiger charge is 2.08. The molecule has 17 heavy (non-hydrogen) atoms. The number of carbonyl (C=O) groups is 1. The van der Waals surface area contributed by atoms with Crippen molar-refractivity contribution in [3.05, 3.63) is 29.3 Å². The van der Waals surface area contributed by atoms with E-state index >= 15 is 0 Å². The van der Waals surface area contributed by atoms with Gasteiger partial charge in [-0.3, -0.25) is 0 Å². The highest BCUT2D eigenvalue weighted by Crippen LogP contribution is 2.14. The minimum absolute atomic E-state index is 0. The van der Waals surface area contributed by atoms with Gasteiger partial charge in [-0.05, 0) is 37.2 Å². The fraction of sp³-hybridized carbons (Fsp3) is 0.417. The third-order valence-electron chi connectivity index (χ3n) is 2.22. The molecule has 0 aliphatic carbocycles. The number of rotatable bonds is 5. The molecule has 0 aliphatic heterocycles. The highest BCUT2D eigenvalue weighted by atomic mass is 35.5. The molecule has 4 nitrogen and oxygen atoms in total. The Morgan fingerprint density at radius 2 is 2.12 bits per heavy atom. The molecule has 0 aromatic heterocycles. The van der Waals surface area contributed by atoms with Crippen molar-refractivity contribution in [1.29, 1.82) is 0 Å². The molecule has 1 aromatic carbocycles. The van der Waals surface area contributed by atoms with Crippen molar-refractivity contribution in [2.24, 2.45) is 0 Å². The average molecular weight is 259 g/mol. The summed E-state index contributed by atoms with van der Waals surface area (Å²) in [5, 5.41) is 3.17. The van der Waals surface area contributed by atoms with Crippen molar-refractivity contribution >= 4 is 24.1 Å². The van der Waals surface area contributed by atoms with E-state index in [0.29, 0.717) is 24.4 Å². The molecule has 0 saturated carbocycles. The molecule has 1 aromatic rings. The van der Waals surface area contributed by atoms with Gasteiger partial charge in [0.25, 0.3) is 0 Å². The average Bonchev–Trinajstić information content (AvgIpc) is 2.28. The molecule has 0 aliphatic rings. The van der Waals surface area contributed by atoms with E-state index in [-0.39, 0.29) is 18.4 Å². The van der Waals surface area contributed by atoms with Crippen LogP contribution in [0.5, 0.6) is 0 Å². The van der Waals surface area contributed by atoms with Gasteiger partial charge < -0.3 is 15.8 Å². The van der Waals surface area contributed by atoms with Crippen LogP contribution < -0.4 is 11.1 Å². The number of nitrogen functional groups attached to an aromatic ring is 1. The molecule has 0 amide bonds. The summed E-state index contributed by atoms with van der Waals surface area (Å²) in [6.45, 7) is 5.71. The van der Waals surface area contributed by atoms with E-state index in [2.05, 4.69) is 5.32 Å². The number of carbonyl (C=O) groups excluding carboxylic acids is 1. The van der Waals surface area contributed by atoms with E-state index in [0.717, 1.165) is 12.1 Å². The SMILES string of the molecule is CCNCc1cc(C(=O)OCC)ccc1N.Cl. The first-order chi connectivity index (χ1) is 7.69. The summed E-state index contributed by atoms with van der Waals surface area (Å²) in [5.41, 5.74) is 7.97. The van der Waals surface area contributed by atoms with E-state index in [4.69, 9.17) is 10.5 Å². The normalized spacial score (nSPS) is 9.53. The first-order valence-corrected chi connectivity index (χ1v) is 5.45. The van der Waals surface area contributed by atoms with Gasteiger partial charge in [-0.25, -0.2) is 4.79 Å². The Kier molecular flexibility index (Phi) is 7.34. The van der Waals surface area contributed by atoms with Crippen LogP contribution in [0.2, 0.25) is 0 Å². The van der Waals surface area contributed by atoms with Crippen LogP contribution in [-0.4, -0.2) is 19.1 Å². The lowest BCUT2D eigenvalue weighted by molar-refractivity contribution is 0.0526. The van der Waals surface area contributed by atoms with Gasteiger partial charge in [0, 0.05) is 12.2 Å². The van der Waals surface area contributed by atoms with Crippen LogP contribution in [0.3, 0.4) is 0 Å². The molecule has 0 heterocycles. The quantitative estimate of drug-likeness (QED) is 0.626. The maximum Gasteiger partial charge on any atom is 0.338 e. The molecule has 5 heteroatoms. The summed E-state index contributed by atoms with van der Waals surface area (Å²) in [7, 11) is 0.